The molecule has 0 saturated carbocycles. The Bertz CT molecular complexity index is 798. The van der Waals surface area contributed by atoms with Crippen LogP contribution >= 0.6 is 0 Å². The quantitative estimate of drug-likeness (QED) is 0.681. The standard InChI is InChI=1S/C21H34N2O3Si/c1-20(2,3)25-19(24)22-12-14-23-13-11-16-15-17(9-10-18(16)23)26-27(7,8)21(4,5)6/h9-11,13,15H,12,14H2,1-8H3,(H,22,24). The van der Waals surface area contributed by atoms with Crippen molar-refractivity contribution in [3.63, 3.8) is 0 Å². The van der Waals surface area contributed by atoms with Gasteiger partial charge < -0.3 is 19.0 Å². The second-order valence-corrected chi connectivity index (χ2v) is 14.2. The maximum Gasteiger partial charge on any atom is 0.407 e. The predicted octanol–water partition coefficient (Wildman–Crippen LogP) is 5.55. The lowest BCUT2D eigenvalue weighted by atomic mass is 10.2. The number of hydrogen-bond donors (Lipinski definition) is 1. The van der Waals surface area contributed by atoms with Crippen LogP contribution in [0.3, 0.4) is 0 Å². The zero-order chi connectivity index (χ0) is 20.5. The van der Waals surface area contributed by atoms with E-state index in [4.69, 9.17) is 9.16 Å². The number of nitrogens with zero attached hydrogens (tertiary/aromatic N) is 1. The van der Waals surface area contributed by atoms with Gasteiger partial charge in [0.05, 0.1) is 0 Å². The third kappa shape index (κ3) is 5.76. The van der Waals surface area contributed by atoms with Crippen molar-refractivity contribution in [2.75, 3.05) is 6.54 Å². The highest BCUT2D eigenvalue weighted by atomic mass is 28.4. The third-order valence-electron chi connectivity index (χ3n) is 4.94. The average molecular weight is 391 g/mol. The van der Waals surface area contributed by atoms with E-state index in [-0.39, 0.29) is 11.1 Å². The van der Waals surface area contributed by atoms with Crippen molar-refractivity contribution in [3.05, 3.63) is 30.5 Å². The summed E-state index contributed by atoms with van der Waals surface area (Å²) in [5.74, 6) is 0.929. The van der Waals surface area contributed by atoms with Crippen LogP contribution in [0.2, 0.25) is 18.1 Å². The van der Waals surface area contributed by atoms with Crippen LogP contribution in [0.4, 0.5) is 4.79 Å². The van der Waals surface area contributed by atoms with E-state index in [9.17, 15) is 4.79 Å². The molecule has 1 N–H and O–H groups in total. The van der Waals surface area contributed by atoms with Gasteiger partial charge in [-0.15, -0.1) is 0 Å². The lowest BCUT2D eigenvalue weighted by molar-refractivity contribution is 0.0526. The van der Waals surface area contributed by atoms with E-state index < -0.39 is 13.9 Å². The molecule has 2 rings (SSSR count). The molecule has 1 aromatic carbocycles. The number of carbonyl (C=O) groups is 1. The Morgan fingerprint density at radius 3 is 2.37 bits per heavy atom. The normalized spacial score (nSPS) is 12.9. The van der Waals surface area contributed by atoms with Crippen LogP contribution < -0.4 is 9.74 Å². The highest BCUT2D eigenvalue weighted by Gasteiger charge is 2.38. The summed E-state index contributed by atoms with van der Waals surface area (Å²) < 4.78 is 13.8. The topological polar surface area (TPSA) is 52.5 Å². The van der Waals surface area contributed by atoms with Crippen molar-refractivity contribution in [3.8, 4) is 5.75 Å². The monoisotopic (exact) mass is 390 g/mol. The van der Waals surface area contributed by atoms with Gasteiger partial charge in [-0.05, 0) is 63.2 Å². The van der Waals surface area contributed by atoms with E-state index >= 15 is 0 Å². The fourth-order valence-corrected chi connectivity index (χ4v) is 3.50. The highest BCUT2D eigenvalue weighted by molar-refractivity contribution is 6.74. The van der Waals surface area contributed by atoms with Gasteiger partial charge in [0.1, 0.15) is 11.4 Å². The number of amides is 1. The largest absolute Gasteiger partial charge is 0.543 e. The molecule has 2 aromatic rings. The molecule has 6 heteroatoms. The first-order valence-corrected chi connectivity index (χ1v) is 12.4. The van der Waals surface area contributed by atoms with Gasteiger partial charge in [0.2, 0.25) is 8.32 Å². The molecule has 0 spiro atoms. The first-order valence-electron chi connectivity index (χ1n) is 9.53. The number of aromatic nitrogens is 1. The molecule has 1 aromatic heterocycles. The fraction of sp³-hybridized carbons (Fsp3) is 0.571. The van der Waals surface area contributed by atoms with Crippen molar-refractivity contribution < 1.29 is 14.0 Å². The van der Waals surface area contributed by atoms with Crippen molar-refractivity contribution >= 4 is 25.3 Å². The molecule has 0 radical (unpaired) electrons. The number of ether oxygens (including phenoxy) is 1. The van der Waals surface area contributed by atoms with Crippen LogP contribution in [0.15, 0.2) is 30.5 Å². The molecule has 0 saturated heterocycles. The Kier molecular flexibility index (Phi) is 5.99. The first-order chi connectivity index (χ1) is 12.3. The summed E-state index contributed by atoms with van der Waals surface area (Å²) >= 11 is 0. The molecule has 0 fully saturated rings. The number of rotatable bonds is 5. The molecule has 0 aliphatic rings. The molecular formula is C21H34N2O3Si. The number of fused-ring (bicyclic) bond motifs is 1. The number of hydrogen-bond acceptors (Lipinski definition) is 3. The zero-order valence-corrected chi connectivity index (χ0v) is 19.0. The molecule has 1 amide bonds. The minimum atomic E-state index is -1.85. The average Bonchev–Trinajstić information content (AvgIpc) is 2.86. The SMILES string of the molecule is CC(C)(C)OC(=O)NCCn1ccc2cc(O[Si](C)(C)C(C)(C)C)ccc21. The van der Waals surface area contributed by atoms with Crippen molar-refractivity contribution in [1.82, 2.24) is 9.88 Å². The molecule has 1 heterocycles. The van der Waals surface area contributed by atoms with Gasteiger partial charge in [-0.3, -0.25) is 0 Å². The minimum Gasteiger partial charge on any atom is -0.543 e. The maximum absolute atomic E-state index is 11.8. The van der Waals surface area contributed by atoms with Crippen LogP contribution in [0.5, 0.6) is 5.75 Å². The smallest absolute Gasteiger partial charge is 0.407 e. The van der Waals surface area contributed by atoms with Gasteiger partial charge in [-0.1, -0.05) is 20.8 Å². The van der Waals surface area contributed by atoms with E-state index in [1.54, 1.807) is 0 Å². The van der Waals surface area contributed by atoms with Crippen LogP contribution in [0.25, 0.3) is 10.9 Å². The molecule has 5 nitrogen and oxygen atoms in total. The second kappa shape index (κ2) is 7.58. The van der Waals surface area contributed by atoms with Crippen LogP contribution in [-0.2, 0) is 11.3 Å². The molecule has 0 bridgehead atoms. The van der Waals surface area contributed by atoms with E-state index in [2.05, 4.69) is 61.9 Å². The Morgan fingerprint density at radius 1 is 1.11 bits per heavy atom. The molecule has 27 heavy (non-hydrogen) atoms. The summed E-state index contributed by atoms with van der Waals surface area (Å²) in [6, 6.07) is 8.32. The van der Waals surface area contributed by atoms with Gasteiger partial charge in [-0.25, -0.2) is 4.79 Å². The molecule has 0 atom stereocenters. The van der Waals surface area contributed by atoms with Crippen LogP contribution in [0.1, 0.15) is 41.5 Å². The number of alkyl carbamates (subject to hydrolysis) is 1. The van der Waals surface area contributed by atoms with Crippen molar-refractivity contribution in [1.29, 1.82) is 0 Å². The predicted molar refractivity (Wildman–Crippen MR) is 114 cm³/mol. The van der Waals surface area contributed by atoms with Crippen molar-refractivity contribution in [2.45, 2.75) is 71.8 Å². The molecule has 0 unspecified atom stereocenters. The van der Waals surface area contributed by atoms with Gasteiger partial charge in [0, 0.05) is 30.2 Å². The molecule has 0 aliphatic heterocycles. The highest BCUT2D eigenvalue weighted by Crippen LogP contribution is 2.37. The third-order valence-corrected chi connectivity index (χ3v) is 9.30. The Hall–Kier alpha value is -1.95. The summed E-state index contributed by atoms with van der Waals surface area (Å²) in [6.07, 6.45) is 1.65. The van der Waals surface area contributed by atoms with Gasteiger partial charge >= 0.3 is 6.09 Å². The van der Waals surface area contributed by atoms with E-state index in [1.165, 1.54) is 0 Å². The minimum absolute atomic E-state index is 0.168. The van der Waals surface area contributed by atoms with Crippen molar-refractivity contribution in [2.24, 2.45) is 0 Å². The van der Waals surface area contributed by atoms with E-state index in [1.807, 2.05) is 33.0 Å². The summed E-state index contributed by atoms with van der Waals surface area (Å²) in [5, 5.41) is 4.11. The lowest BCUT2D eigenvalue weighted by Gasteiger charge is -2.36. The zero-order valence-electron chi connectivity index (χ0n) is 18.0. The lowest BCUT2D eigenvalue weighted by Crippen LogP contribution is -2.43. The first kappa shape index (κ1) is 21.3. The summed E-state index contributed by atoms with van der Waals surface area (Å²) in [4.78, 5) is 11.8. The Morgan fingerprint density at radius 2 is 1.78 bits per heavy atom. The fourth-order valence-electron chi connectivity index (χ4n) is 2.48. The second-order valence-electron chi connectivity index (χ2n) is 9.52. The molecular weight excluding hydrogens is 356 g/mol. The van der Waals surface area contributed by atoms with Gasteiger partial charge in [0.25, 0.3) is 0 Å². The van der Waals surface area contributed by atoms with Gasteiger partial charge in [0.15, 0.2) is 0 Å². The summed E-state index contributed by atoms with van der Waals surface area (Å²) in [6.45, 7) is 18.0. The number of carbonyl (C=O) groups excluding carboxylic acids is 1. The summed E-state index contributed by atoms with van der Waals surface area (Å²) in [5.41, 5.74) is 0.647. The van der Waals surface area contributed by atoms with Crippen LogP contribution in [0, 0.1) is 0 Å². The van der Waals surface area contributed by atoms with E-state index in [0.717, 1.165) is 16.7 Å². The van der Waals surface area contributed by atoms with E-state index in [0.29, 0.717) is 13.1 Å². The number of nitrogens with one attached hydrogen (secondary N) is 1. The molecule has 0 aliphatic carbocycles. The Balaban J connectivity index is 2.02. The Labute approximate surface area is 164 Å². The molecule has 150 valence electrons. The maximum atomic E-state index is 11.8. The van der Waals surface area contributed by atoms with Crippen LogP contribution in [-0.4, -0.2) is 31.1 Å². The summed E-state index contributed by atoms with van der Waals surface area (Å²) in [7, 11) is -1.85. The van der Waals surface area contributed by atoms with Gasteiger partial charge in [-0.2, -0.15) is 0 Å². The number of benzene rings is 1.